The lowest BCUT2D eigenvalue weighted by atomic mass is 10.2. The van der Waals surface area contributed by atoms with E-state index in [-0.39, 0.29) is 0 Å². The number of methoxy groups -OCH3 is 3. The number of aromatic nitrogens is 1. The van der Waals surface area contributed by atoms with E-state index in [1.165, 1.54) is 0 Å². The number of ether oxygens (including phenoxy) is 3. The van der Waals surface area contributed by atoms with Gasteiger partial charge in [0.2, 0.25) is 0 Å². The lowest BCUT2D eigenvalue weighted by molar-refractivity contribution is 0.348. The van der Waals surface area contributed by atoms with Crippen molar-refractivity contribution in [3.05, 3.63) is 47.8 Å². The molecule has 1 aromatic carbocycles. The van der Waals surface area contributed by atoms with Crippen molar-refractivity contribution in [1.82, 2.24) is 10.3 Å². The normalized spacial score (nSPS) is 10.2. The number of rotatable bonds is 7. The van der Waals surface area contributed by atoms with Gasteiger partial charge in [-0.1, -0.05) is 12.1 Å². The van der Waals surface area contributed by atoms with Gasteiger partial charge in [-0.2, -0.15) is 0 Å². The Kier molecular flexibility index (Phi) is 5.40. The third-order valence-electron chi connectivity index (χ3n) is 3.12. The Labute approximate surface area is 124 Å². The molecule has 2 rings (SSSR count). The SMILES string of the molecule is COc1cccc(CNCc2nccc(OC)c2OC)c1. The lowest BCUT2D eigenvalue weighted by Gasteiger charge is -2.12. The standard InChI is InChI=1S/C16H20N2O3/c1-19-13-6-4-5-12(9-13)10-17-11-14-16(21-3)15(20-2)7-8-18-14/h4-9,17H,10-11H2,1-3H3. The van der Waals surface area contributed by atoms with E-state index < -0.39 is 0 Å². The van der Waals surface area contributed by atoms with Crippen LogP contribution in [0.1, 0.15) is 11.3 Å². The van der Waals surface area contributed by atoms with Gasteiger partial charge < -0.3 is 19.5 Å². The highest BCUT2D eigenvalue weighted by Gasteiger charge is 2.10. The van der Waals surface area contributed by atoms with Crippen LogP contribution in [-0.2, 0) is 13.1 Å². The maximum Gasteiger partial charge on any atom is 0.183 e. The van der Waals surface area contributed by atoms with Gasteiger partial charge in [-0.3, -0.25) is 4.98 Å². The highest BCUT2D eigenvalue weighted by atomic mass is 16.5. The summed E-state index contributed by atoms with van der Waals surface area (Å²) >= 11 is 0. The van der Waals surface area contributed by atoms with Crippen LogP contribution < -0.4 is 19.5 Å². The molecule has 1 N–H and O–H groups in total. The quantitative estimate of drug-likeness (QED) is 0.848. The van der Waals surface area contributed by atoms with Gasteiger partial charge in [-0.05, 0) is 17.7 Å². The van der Waals surface area contributed by atoms with E-state index in [1.54, 1.807) is 33.6 Å². The van der Waals surface area contributed by atoms with E-state index in [2.05, 4.69) is 10.3 Å². The van der Waals surface area contributed by atoms with E-state index in [9.17, 15) is 0 Å². The zero-order valence-corrected chi connectivity index (χ0v) is 12.6. The highest BCUT2D eigenvalue weighted by Crippen LogP contribution is 2.28. The molecular formula is C16H20N2O3. The second-order valence-corrected chi connectivity index (χ2v) is 4.45. The summed E-state index contributed by atoms with van der Waals surface area (Å²) in [4.78, 5) is 4.33. The molecule has 0 saturated carbocycles. The molecule has 112 valence electrons. The Hall–Kier alpha value is -2.27. The number of benzene rings is 1. The van der Waals surface area contributed by atoms with Gasteiger partial charge in [0.1, 0.15) is 5.75 Å². The molecule has 1 heterocycles. The molecule has 21 heavy (non-hydrogen) atoms. The molecule has 5 nitrogen and oxygen atoms in total. The summed E-state index contributed by atoms with van der Waals surface area (Å²) in [7, 11) is 4.90. The molecule has 0 aliphatic rings. The minimum Gasteiger partial charge on any atom is -0.497 e. The number of hydrogen-bond acceptors (Lipinski definition) is 5. The van der Waals surface area contributed by atoms with E-state index in [0.717, 1.165) is 23.6 Å². The molecule has 0 aliphatic heterocycles. The second kappa shape index (κ2) is 7.50. The number of hydrogen-bond donors (Lipinski definition) is 1. The van der Waals surface area contributed by atoms with Crippen molar-refractivity contribution in [3.63, 3.8) is 0 Å². The van der Waals surface area contributed by atoms with E-state index in [0.29, 0.717) is 18.0 Å². The van der Waals surface area contributed by atoms with Crippen molar-refractivity contribution in [3.8, 4) is 17.2 Å². The largest absolute Gasteiger partial charge is 0.497 e. The molecule has 0 bridgehead atoms. The van der Waals surface area contributed by atoms with E-state index in [4.69, 9.17) is 14.2 Å². The van der Waals surface area contributed by atoms with Gasteiger partial charge in [0.25, 0.3) is 0 Å². The van der Waals surface area contributed by atoms with E-state index in [1.807, 2.05) is 24.3 Å². The van der Waals surface area contributed by atoms with Crippen molar-refractivity contribution in [2.24, 2.45) is 0 Å². The van der Waals surface area contributed by atoms with E-state index >= 15 is 0 Å². The Bertz CT molecular complexity index is 587. The van der Waals surface area contributed by atoms with Crippen LogP contribution in [0.4, 0.5) is 0 Å². The smallest absolute Gasteiger partial charge is 0.183 e. The first-order chi connectivity index (χ1) is 10.3. The minimum absolute atomic E-state index is 0.595. The topological polar surface area (TPSA) is 52.6 Å². The number of nitrogens with one attached hydrogen (secondary N) is 1. The van der Waals surface area contributed by atoms with Gasteiger partial charge in [0.15, 0.2) is 11.5 Å². The van der Waals surface area contributed by atoms with Crippen LogP contribution in [0.15, 0.2) is 36.5 Å². The van der Waals surface area contributed by atoms with Crippen LogP contribution in [0.5, 0.6) is 17.2 Å². The lowest BCUT2D eigenvalue weighted by Crippen LogP contribution is -2.14. The van der Waals surface area contributed by atoms with Crippen molar-refractivity contribution < 1.29 is 14.2 Å². The predicted octanol–water partition coefficient (Wildman–Crippen LogP) is 2.40. The minimum atomic E-state index is 0.595. The third kappa shape index (κ3) is 3.86. The molecule has 0 aliphatic carbocycles. The first kappa shape index (κ1) is 15.1. The zero-order chi connectivity index (χ0) is 15.1. The van der Waals surface area contributed by atoms with Gasteiger partial charge in [-0.15, -0.1) is 0 Å². The molecule has 1 aromatic heterocycles. The average molecular weight is 288 g/mol. The van der Waals surface area contributed by atoms with Gasteiger partial charge in [-0.25, -0.2) is 0 Å². The molecule has 0 saturated heterocycles. The molecule has 0 amide bonds. The third-order valence-corrected chi connectivity index (χ3v) is 3.12. The summed E-state index contributed by atoms with van der Waals surface area (Å²) in [5.41, 5.74) is 1.97. The molecule has 0 unspecified atom stereocenters. The van der Waals surface area contributed by atoms with Gasteiger partial charge >= 0.3 is 0 Å². The maximum atomic E-state index is 5.36. The average Bonchev–Trinajstić information content (AvgIpc) is 2.54. The fourth-order valence-corrected chi connectivity index (χ4v) is 2.08. The van der Waals surface area contributed by atoms with Gasteiger partial charge in [0, 0.05) is 25.4 Å². The second-order valence-electron chi connectivity index (χ2n) is 4.45. The maximum absolute atomic E-state index is 5.36. The molecule has 2 aromatic rings. The Morgan fingerprint density at radius 2 is 1.86 bits per heavy atom. The highest BCUT2D eigenvalue weighted by molar-refractivity contribution is 5.42. The van der Waals surface area contributed by atoms with Crippen LogP contribution in [0.25, 0.3) is 0 Å². The molecule has 0 atom stereocenters. The molecule has 0 radical (unpaired) electrons. The number of nitrogens with zero attached hydrogens (tertiary/aromatic N) is 1. The van der Waals surface area contributed by atoms with Crippen molar-refractivity contribution >= 4 is 0 Å². The summed E-state index contributed by atoms with van der Waals surface area (Å²) < 4.78 is 15.8. The fourth-order valence-electron chi connectivity index (χ4n) is 2.08. The summed E-state index contributed by atoms with van der Waals surface area (Å²) in [5.74, 6) is 2.20. The Morgan fingerprint density at radius 3 is 2.57 bits per heavy atom. The molecular weight excluding hydrogens is 268 g/mol. The van der Waals surface area contributed by atoms with Crippen molar-refractivity contribution in [2.45, 2.75) is 13.1 Å². The fraction of sp³-hybridized carbons (Fsp3) is 0.312. The summed E-state index contributed by atoms with van der Waals surface area (Å²) in [6, 6.07) is 9.73. The summed E-state index contributed by atoms with van der Waals surface area (Å²) in [6.45, 7) is 1.32. The van der Waals surface area contributed by atoms with Crippen molar-refractivity contribution in [2.75, 3.05) is 21.3 Å². The van der Waals surface area contributed by atoms with Crippen LogP contribution in [0, 0.1) is 0 Å². The van der Waals surface area contributed by atoms with Crippen LogP contribution in [-0.4, -0.2) is 26.3 Å². The molecule has 0 fully saturated rings. The molecule has 0 spiro atoms. The monoisotopic (exact) mass is 288 g/mol. The first-order valence-electron chi connectivity index (χ1n) is 6.68. The van der Waals surface area contributed by atoms with Crippen molar-refractivity contribution in [1.29, 1.82) is 0 Å². The Morgan fingerprint density at radius 1 is 1.00 bits per heavy atom. The zero-order valence-electron chi connectivity index (χ0n) is 12.6. The number of pyridine rings is 1. The molecule has 5 heteroatoms. The first-order valence-corrected chi connectivity index (χ1v) is 6.68. The van der Waals surface area contributed by atoms with Gasteiger partial charge in [0.05, 0.1) is 27.0 Å². The van der Waals surface area contributed by atoms with Crippen LogP contribution >= 0.6 is 0 Å². The van der Waals surface area contributed by atoms with Crippen LogP contribution in [0.3, 0.4) is 0 Å². The summed E-state index contributed by atoms with van der Waals surface area (Å²) in [6.07, 6.45) is 1.71. The van der Waals surface area contributed by atoms with Crippen LogP contribution in [0.2, 0.25) is 0 Å². The summed E-state index contributed by atoms with van der Waals surface area (Å²) in [5, 5.41) is 3.34. The predicted molar refractivity (Wildman–Crippen MR) is 80.9 cm³/mol. The Balaban J connectivity index is 2.00.